The first kappa shape index (κ1) is 27.8. The van der Waals surface area contributed by atoms with Crippen LogP contribution in [0.3, 0.4) is 0 Å². The van der Waals surface area contributed by atoms with Gasteiger partial charge in [-0.15, -0.1) is 0 Å². The van der Waals surface area contributed by atoms with E-state index in [9.17, 15) is 14.4 Å². The Hall–Kier alpha value is -2.83. The third kappa shape index (κ3) is 7.34. The fourth-order valence-electron chi connectivity index (χ4n) is 5.50. The lowest BCUT2D eigenvalue weighted by Crippen LogP contribution is -2.59. The Labute approximate surface area is 216 Å². The molecule has 0 aromatic heterocycles. The molecule has 3 atom stereocenters. The van der Waals surface area contributed by atoms with Crippen molar-refractivity contribution in [3.63, 3.8) is 0 Å². The summed E-state index contributed by atoms with van der Waals surface area (Å²) in [6, 6.07) is 9.00. The number of rotatable bonds is 11. The van der Waals surface area contributed by atoms with Crippen LogP contribution >= 0.6 is 0 Å². The number of ether oxygens (including phenoxy) is 1. The number of hydrogen-bond acceptors (Lipinski definition) is 4. The summed E-state index contributed by atoms with van der Waals surface area (Å²) in [6.45, 7) is 4.80. The van der Waals surface area contributed by atoms with Crippen LogP contribution in [0, 0.1) is 11.8 Å². The minimum atomic E-state index is -0.694. The lowest BCUT2D eigenvalue weighted by Gasteiger charge is -2.41. The number of nitrogens with zero attached hydrogens (tertiary/aromatic N) is 2. The van der Waals surface area contributed by atoms with E-state index in [1.807, 2.05) is 18.2 Å². The zero-order chi connectivity index (χ0) is 25.9. The standard InChI is InChI=1S/C29H43N3O4/c1-4-5-13-22(2)26-28(34)31(19-12-16-23-14-8-6-9-15-23)20-21-32(26)27(33)25(30-29(35)36-3)24-17-10-7-11-18-24/h6,8-9,14-15,20-22,24-26H,4-5,7,10-13,16-19H2,1-3H3,(H,30,35)/t22-,25+,26+/m0/s1. The van der Waals surface area contributed by atoms with Crippen LogP contribution in [-0.4, -0.2) is 53.4 Å². The van der Waals surface area contributed by atoms with E-state index in [0.717, 1.165) is 64.2 Å². The summed E-state index contributed by atoms with van der Waals surface area (Å²) in [4.78, 5) is 43.2. The number of unbranched alkanes of at least 4 members (excludes halogenated alkanes) is 1. The highest BCUT2D eigenvalue weighted by Gasteiger charge is 2.42. The average Bonchev–Trinajstić information content (AvgIpc) is 2.91. The molecule has 1 fully saturated rings. The molecule has 0 radical (unpaired) electrons. The van der Waals surface area contributed by atoms with Gasteiger partial charge in [-0.25, -0.2) is 4.79 Å². The van der Waals surface area contributed by atoms with E-state index in [0.29, 0.717) is 6.54 Å². The molecule has 1 aliphatic heterocycles. The molecule has 3 rings (SSSR count). The summed E-state index contributed by atoms with van der Waals surface area (Å²) in [5, 5.41) is 2.80. The van der Waals surface area contributed by atoms with Crippen LogP contribution in [0.2, 0.25) is 0 Å². The van der Waals surface area contributed by atoms with Gasteiger partial charge in [0.15, 0.2) is 0 Å². The summed E-state index contributed by atoms with van der Waals surface area (Å²) < 4.78 is 4.84. The first-order valence-corrected chi connectivity index (χ1v) is 13.7. The van der Waals surface area contributed by atoms with Crippen LogP contribution in [0.5, 0.6) is 0 Å². The molecule has 0 unspecified atom stereocenters. The number of hydrogen-bond donors (Lipinski definition) is 1. The molecular formula is C29H43N3O4. The molecule has 198 valence electrons. The van der Waals surface area contributed by atoms with Crippen molar-refractivity contribution in [3.05, 3.63) is 48.3 Å². The fraction of sp³-hybridized carbons (Fsp3) is 0.621. The summed E-state index contributed by atoms with van der Waals surface area (Å²) in [5.74, 6) is -0.199. The third-order valence-corrected chi connectivity index (χ3v) is 7.60. The maximum Gasteiger partial charge on any atom is 0.407 e. The van der Waals surface area contributed by atoms with Crippen molar-refractivity contribution < 1.29 is 19.1 Å². The number of carbonyl (C=O) groups is 3. The average molecular weight is 498 g/mol. The van der Waals surface area contributed by atoms with E-state index in [1.54, 1.807) is 22.2 Å². The van der Waals surface area contributed by atoms with Gasteiger partial charge in [0, 0.05) is 18.9 Å². The number of benzene rings is 1. The first-order valence-electron chi connectivity index (χ1n) is 13.7. The highest BCUT2D eigenvalue weighted by molar-refractivity contribution is 5.93. The van der Waals surface area contributed by atoms with E-state index < -0.39 is 18.2 Å². The Kier molecular flexibility index (Phi) is 10.8. The molecule has 7 heteroatoms. The van der Waals surface area contributed by atoms with Gasteiger partial charge in [-0.2, -0.15) is 0 Å². The van der Waals surface area contributed by atoms with Crippen molar-refractivity contribution in [2.45, 2.75) is 90.1 Å². The van der Waals surface area contributed by atoms with Gasteiger partial charge < -0.3 is 19.9 Å². The summed E-state index contributed by atoms with van der Waals surface area (Å²) in [7, 11) is 1.31. The minimum absolute atomic E-state index is 0.00751. The van der Waals surface area contributed by atoms with Crippen LogP contribution in [0.4, 0.5) is 4.79 Å². The van der Waals surface area contributed by atoms with Gasteiger partial charge in [-0.05, 0) is 49.5 Å². The number of methoxy groups -OCH3 is 1. The number of amides is 3. The van der Waals surface area contributed by atoms with Crippen molar-refractivity contribution in [2.24, 2.45) is 11.8 Å². The topological polar surface area (TPSA) is 79.0 Å². The molecule has 2 aliphatic rings. The van der Waals surface area contributed by atoms with E-state index in [4.69, 9.17) is 4.74 Å². The Morgan fingerprint density at radius 2 is 1.81 bits per heavy atom. The van der Waals surface area contributed by atoms with Crippen molar-refractivity contribution in [1.29, 1.82) is 0 Å². The molecule has 3 amide bonds. The smallest absolute Gasteiger partial charge is 0.407 e. The first-order chi connectivity index (χ1) is 17.5. The Morgan fingerprint density at radius 1 is 1.08 bits per heavy atom. The van der Waals surface area contributed by atoms with Gasteiger partial charge in [0.25, 0.3) is 0 Å². The number of alkyl carbamates (subject to hydrolysis) is 1. The Bertz CT molecular complexity index is 882. The quantitative estimate of drug-likeness (QED) is 0.452. The van der Waals surface area contributed by atoms with Crippen molar-refractivity contribution in [2.75, 3.05) is 13.7 Å². The van der Waals surface area contributed by atoms with E-state index in [2.05, 4.69) is 31.3 Å². The van der Waals surface area contributed by atoms with Crippen LogP contribution in [0.1, 0.15) is 77.2 Å². The predicted molar refractivity (Wildman–Crippen MR) is 141 cm³/mol. The van der Waals surface area contributed by atoms with Crippen LogP contribution in [-0.2, 0) is 20.7 Å². The lowest BCUT2D eigenvalue weighted by molar-refractivity contribution is -0.147. The minimum Gasteiger partial charge on any atom is -0.453 e. The normalized spacial score (nSPS) is 20.2. The second-order valence-electron chi connectivity index (χ2n) is 10.2. The van der Waals surface area contributed by atoms with E-state index >= 15 is 0 Å². The lowest BCUT2D eigenvalue weighted by atomic mass is 9.82. The fourth-order valence-corrected chi connectivity index (χ4v) is 5.50. The second-order valence-corrected chi connectivity index (χ2v) is 10.2. The Balaban J connectivity index is 1.79. The van der Waals surface area contributed by atoms with Gasteiger partial charge in [0.1, 0.15) is 12.1 Å². The van der Waals surface area contributed by atoms with Crippen LogP contribution in [0.15, 0.2) is 42.7 Å². The molecule has 0 spiro atoms. The highest BCUT2D eigenvalue weighted by Crippen LogP contribution is 2.30. The predicted octanol–water partition coefficient (Wildman–Crippen LogP) is 5.26. The molecular weight excluding hydrogens is 454 g/mol. The highest BCUT2D eigenvalue weighted by atomic mass is 16.5. The molecule has 1 aromatic rings. The maximum absolute atomic E-state index is 13.9. The molecule has 1 N–H and O–H groups in total. The van der Waals surface area contributed by atoms with Crippen molar-refractivity contribution in [3.8, 4) is 0 Å². The zero-order valence-corrected chi connectivity index (χ0v) is 22.2. The summed E-state index contributed by atoms with van der Waals surface area (Å²) in [5.41, 5.74) is 1.25. The maximum atomic E-state index is 13.9. The second kappa shape index (κ2) is 14.0. The molecule has 7 nitrogen and oxygen atoms in total. The van der Waals surface area contributed by atoms with E-state index in [-0.39, 0.29) is 23.7 Å². The molecule has 36 heavy (non-hydrogen) atoms. The van der Waals surface area contributed by atoms with E-state index in [1.165, 1.54) is 12.7 Å². The third-order valence-electron chi connectivity index (χ3n) is 7.60. The monoisotopic (exact) mass is 497 g/mol. The SMILES string of the molecule is CCCC[C@H](C)[C@@H]1C(=O)N(CCCc2ccccc2)C=CN1C(=O)[C@H](NC(=O)OC)C1CCCCC1. The summed E-state index contributed by atoms with van der Waals surface area (Å²) in [6.07, 6.45) is 12.5. The molecule has 0 bridgehead atoms. The number of nitrogens with one attached hydrogen (secondary N) is 1. The molecule has 1 aromatic carbocycles. The van der Waals surface area contributed by atoms with Gasteiger partial charge in [0.2, 0.25) is 11.8 Å². The zero-order valence-electron chi connectivity index (χ0n) is 22.2. The molecule has 1 aliphatic carbocycles. The van der Waals surface area contributed by atoms with Crippen LogP contribution in [0.25, 0.3) is 0 Å². The molecule has 1 heterocycles. The van der Waals surface area contributed by atoms with Gasteiger partial charge in [-0.1, -0.05) is 76.3 Å². The van der Waals surface area contributed by atoms with Crippen molar-refractivity contribution in [1.82, 2.24) is 15.1 Å². The summed E-state index contributed by atoms with van der Waals surface area (Å²) >= 11 is 0. The van der Waals surface area contributed by atoms with Gasteiger partial charge in [-0.3, -0.25) is 9.59 Å². The number of carbonyl (C=O) groups excluding carboxylic acids is 3. The van der Waals surface area contributed by atoms with Crippen molar-refractivity contribution >= 4 is 17.9 Å². The largest absolute Gasteiger partial charge is 0.453 e. The van der Waals surface area contributed by atoms with Crippen LogP contribution < -0.4 is 5.32 Å². The van der Waals surface area contributed by atoms with Gasteiger partial charge >= 0.3 is 6.09 Å². The molecule has 1 saturated carbocycles. The van der Waals surface area contributed by atoms with Gasteiger partial charge in [0.05, 0.1) is 7.11 Å². The number of aryl methyl sites for hydroxylation is 1. The molecule has 0 saturated heterocycles. The Morgan fingerprint density at radius 3 is 2.47 bits per heavy atom.